The molecule has 8 heteroatoms. The van der Waals surface area contributed by atoms with Gasteiger partial charge in [-0.05, 0) is 0 Å². The van der Waals surface area contributed by atoms with Crippen LogP contribution >= 0.6 is 11.3 Å². The number of carbonyl (C=O) groups is 1. The quantitative estimate of drug-likeness (QED) is 0.766. The Bertz CT molecular complexity index is 412. The van der Waals surface area contributed by atoms with Crippen molar-refractivity contribution in [1.82, 2.24) is 4.98 Å². The molecule has 1 atom stereocenters. The molecule has 17 heavy (non-hydrogen) atoms. The number of rotatable bonds is 2. The number of carbonyl (C=O) groups excluding carboxylic acids is 1. The van der Waals surface area contributed by atoms with Gasteiger partial charge in [-0.2, -0.15) is 13.2 Å². The van der Waals surface area contributed by atoms with E-state index in [9.17, 15) is 18.0 Å². The van der Waals surface area contributed by atoms with E-state index in [0.717, 1.165) is 6.20 Å². The number of thiazole rings is 1. The highest BCUT2D eigenvalue weighted by Gasteiger charge is 2.36. The average molecular weight is 267 g/mol. The molecule has 1 aliphatic heterocycles. The first-order chi connectivity index (χ1) is 7.98. The number of ether oxygens (including phenoxy) is 2. The molecule has 0 N–H and O–H groups in total. The average Bonchev–Trinajstić information content (AvgIpc) is 2.78. The maximum absolute atomic E-state index is 12.3. The van der Waals surface area contributed by atoms with Gasteiger partial charge < -0.3 is 9.47 Å². The largest absolute Gasteiger partial charge is 0.443 e. The molecule has 0 bridgehead atoms. The molecule has 0 amide bonds. The summed E-state index contributed by atoms with van der Waals surface area (Å²) in [7, 11) is 0. The minimum Gasteiger partial charge on any atom is -0.376 e. The third-order valence-corrected chi connectivity index (χ3v) is 3.16. The zero-order valence-corrected chi connectivity index (χ0v) is 9.31. The Morgan fingerprint density at radius 1 is 1.47 bits per heavy atom. The second kappa shape index (κ2) is 4.71. The van der Waals surface area contributed by atoms with E-state index < -0.39 is 23.1 Å². The molecule has 94 valence electrons. The predicted molar refractivity (Wildman–Crippen MR) is 52.0 cm³/mol. The fourth-order valence-electron chi connectivity index (χ4n) is 1.32. The van der Waals surface area contributed by atoms with Crippen molar-refractivity contribution in [3.8, 4) is 0 Å². The summed E-state index contributed by atoms with van der Waals surface area (Å²) < 4.78 is 47.0. The first kappa shape index (κ1) is 12.5. The second-order valence-corrected chi connectivity index (χ2v) is 4.36. The second-order valence-electron chi connectivity index (χ2n) is 3.33. The molecule has 0 radical (unpaired) electrons. The fraction of sp³-hybridized carbons (Fsp3) is 0.556. The first-order valence-corrected chi connectivity index (χ1v) is 5.56. The van der Waals surface area contributed by atoms with Gasteiger partial charge in [-0.15, -0.1) is 11.3 Å². The highest BCUT2D eigenvalue weighted by atomic mass is 32.1. The lowest BCUT2D eigenvalue weighted by Crippen LogP contribution is -2.35. The zero-order chi connectivity index (χ0) is 12.5. The minimum atomic E-state index is -4.52. The number of aromatic nitrogens is 1. The molecule has 0 saturated carbocycles. The summed E-state index contributed by atoms with van der Waals surface area (Å²) in [6, 6.07) is 0. The summed E-state index contributed by atoms with van der Waals surface area (Å²) in [6.07, 6.45) is -4.42. The van der Waals surface area contributed by atoms with Crippen LogP contribution in [0.2, 0.25) is 0 Å². The Kier molecular flexibility index (Phi) is 3.45. The molecule has 1 aromatic heterocycles. The van der Waals surface area contributed by atoms with Crippen molar-refractivity contribution < 1.29 is 27.4 Å². The molecule has 1 aromatic rings. The van der Waals surface area contributed by atoms with Gasteiger partial charge in [-0.1, -0.05) is 0 Å². The number of halogens is 3. The Balaban J connectivity index is 2.11. The number of alkyl halides is 3. The van der Waals surface area contributed by atoms with Crippen LogP contribution in [-0.4, -0.2) is 36.7 Å². The number of hydrogen-bond donors (Lipinski definition) is 0. The van der Waals surface area contributed by atoms with E-state index in [0.29, 0.717) is 17.9 Å². The molecule has 0 aromatic carbocycles. The zero-order valence-electron chi connectivity index (χ0n) is 8.49. The summed E-state index contributed by atoms with van der Waals surface area (Å²) in [5, 5.41) is -1.03. The van der Waals surface area contributed by atoms with E-state index in [1.165, 1.54) is 0 Å². The predicted octanol–water partition coefficient (Wildman–Crippen LogP) is 1.76. The van der Waals surface area contributed by atoms with Gasteiger partial charge >= 0.3 is 6.18 Å². The van der Waals surface area contributed by atoms with E-state index in [2.05, 4.69) is 4.98 Å². The highest BCUT2D eigenvalue weighted by molar-refractivity contribution is 7.13. The molecular weight excluding hydrogens is 259 g/mol. The molecule has 1 aliphatic rings. The van der Waals surface area contributed by atoms with Crippen molar-refractivity contribution in [2.45, 2.75) is 12.3 Å². The number of hydrogen-bond acceptors (Lipinski definition) is 5. The Hall–Kier alpha value is -0.990. The van der Waals surface area contributed by atoms with Crippen molar-refractivity contribution in [1.29, 1.82) is 0 Å². The third kappa shape index (κ3) is 2.82. The summed E-state index contributed by atoms with van der Waals surface area (Å²) in [5.41, 5.74) is 0. The van der Waals surface area contributed by atoms with Gasteiger partial charge in [0.1, 0.15) is 6.10 Å². The number of Topliss-reactive ketones (excluding diaryl/α,β-unsaturated/α-hetero) is 1. The summed E-state index contributed by atoms with van der Waals surface area (Å²) >= 11 is 0.320. The van der Waals surface area contributed by atoms with Crippen molar-refractivity contribution in [3.63, 3.8) is 0 Å². The molecule has 0 spiro atoms. The van der Waals surface area contributed by atoms with Gasteiger partial charge in [-0.3, -0.25) is 4.79 Å². The van der Waals surface area contributed by atoms with Crippen molar-refractivity contribution in [2.24, 2.45) is 0 Å². The molecule has 0 aliphatic carbocycles. The maximum Gasteiger partial charge on any atom is 0.443 e. The monoisotopic (exact) mass is 267 g/mol. The number of nitrogens with zero attached hydrogens (tertiary/aromatic N) is 1. The van der Waals surface area contributed by atoms with E-state index in [4.69, 9.17) is 9.47 Å². The topological polar surface area (TPSA) is 48.4 Å². The summed E-state index contributed by atoms with van der Waals surface area (Å²) in [5.74, 6) is -0.516. The van der Waals surface area contributed by atoms with E-state index >= 15 is 0 Å². The Labute approximate surface area is 98.4 Å². The van der Waals surface area contributed by atoms with Gasteiger partial charge in [0.25, 0.3) is 0 Å². The Morgan fingerprint density at radius 3 is 2.76 bits per heavy atom. The SMILES string of the molecule is O=C(c1cnc(C(F)(F)F)s1)C1COCCO1. The molecule has 2 rings (SSSR count). The lowest BCUT2D eigenvalue weighted by atomic mass is 10.2. The summed E-state index contributed by atoms with van der Waals surface area (Å²) in [6.45, 7) is 0.722. The van der Waals surface area contributed by atoms with Crippen LogP contribution in [0.5, 0.6) is 0 Å². The molecule has 2 heterocycles. The minimum absolute atomic E-state index is 0.0622. The molecule has 4 nitrogen and oxygen atoms in total. The van der Waals surface area contributed by atoms with Crippen molar-refractivity contribution in [3.05, 3.63) is 16.1 Å². The standard InChI is InChI=1S/C9H8F3NO3S/c10-9(11,12)8-13-3-6(17-8)7(14)5-4-15-1-2-16-5/h3,5H,1-2,4H2. The van der Waals surface area contributed by atoms with Gasteiger partial charge in [0.05, 0.1) is 24.7 Å². The molecule has 1 saturated heterocycles. The molecule has 1 unspecified atom stereocenters. The fourth-order valence-corrected chi connectivity index (χ4v) is 2.08. The van der Waals surface area contributed by atoms with Crippen LogP contribution in [0.3, 0.4) is 0 Å². The van der Waals surface area contributed by atoms with Crippen LogP contribution in [0, 0.1) is 0 Å². The van der Waals surface area contributed by atoms with Crippen LogP contribution in [0.1, 0.15) is 14.7 Å². The molecular formula is C9H8F3NO3S. The van der Waals surface area contributed by atoms with Gasteiger partial charge in [0.15, 0.2) is 5.01 Å². The normalized spacial score (nSPS) is 21.5. The third-order valence-electron chi connectivity index (χ3n) is 2.10. The van der Waals surface area contributed by atoms with Crippen LogP contribution in [-0.2, 0) is 15.7 Å². The van der Waals surface area contributed by atoms with E-state index in [1.54, 1.807) is 0 Å². The molecule has 1 fully saturated rings. The van der Waals surface area contributed by atoms with Crippen molar-refractivity contribution in [2.75, 3.05) is 19.8 Å². The van der Waals surface area contributed by atoms with Gasteiger partial charge in [0, 0.05) is 6.20 Å². The smallest absolute Gasteiger partial charge is 0.376 e. The lowest BCUT2D eigenvalue weighted by molar-refractivity contribution is -0.137. The van der Waals surface area contributed by atoms with Gasteiger partial charge in [0.2, 0.25) is 5.78 Å². The highest BCUT2D eigenvalue weighted by Crippen LogP contribution is 2.32. The van der Waals surface area contributed by atoms with Crippen LogP contribution < -0.4 is 0 Å². The van der Waals surface area contributed by atoms with Crippen LogP contribution in [0.4, 0.5) is 13.2 Å². The lowest BCUT2D eigenvalue weighted by Gasteiger charge is -2.20. The summed E-state index contributed by atoms with van der Waals surface area (Å²) in [4.78, 5) is 14.9. The van der Waals surface area contributed by atoms with Crippen molar-refractivity contribution >= 4 is 17.1 Å². The first-order valence-electron chi connectivity index (χ1n) is 4.75. The van der Waals surface area contributed by atoms with Gasteiger partial charge in [-0.25, -0.2) is 4.98 Å². The van der Waals surface area contributed by atoms with E-state index in [1.807, 2.05) is 0 Å². The Morgan fingerprint density at radius 2 is 2.24 bits per heavy atom. The number of ketones is 1. The maximum atomic E-state index is 12.3. The van der Waals surface area contributed by atoms with E-state index in [-0.39, 0.29) is 18.1 Å². The van der Waals surface area contributed by atoms with Crippen LogP contribution in [0.25, 0.3) is 0 Å². The van der Waals surface area contributed by atoms with Crippen LogP contribution in [0.15, 0.2) is 6.20 Å².